The fourth-order valence-electron chi connectivity index (χ4n) is 5.38. The van der Waals surface area contributed by atoms with E-state index in [0.717, 1.165) is 37.1 Å². The minimum atomic E-state index is -0.664. The number of nitrogen functional groups attached to an aromatic ring is 1. The Morgan fingerprint density at radius 1 is 1.08 bits per heavy atom. The van der Waals surface area contributed by atoms with Crippen molar-refractivity contribution in [2.24, 2.45) is 0 Å². The van der Waals surface area contributed by atoms with Gasteiger partial charge < -0.3 is 20.3 Å². The Morgan fingerprint density at radius 3 is 2.46 bits per heavy atom. The van der Waals surface area contributed by atoms with Gasteiger partial charge in [-0.1, -0.05) is 29.8 Å². The Hall–Kier alpha value is -3.16. The molecule has 6 nitrogen and oxygen atoms in total. The molecule has 37 heavy (non-hydrogen) atoms. The first kappa shape index (κ1) is 25.5. The second kappa shape index (κ2) is 11.1. The number of pyridine rings is 1. The van der Waals surface area contributed by atoms with Crippen LogP contribution in [0.25, 0.3) is 11.1 Å². The van der Waals surface area contributed by atoms with Crippen LogP contribution in [0.3, 0.4) is 0 Å². The molecule has 0 aliphatic carbocycles. The predicted molar refractivity (Wildman–Crippen MR) is 144 cm³/mol. The number of carbonyl (C=O) groups excluding carboxylic acids is 1. The normalized spacial score (nSPS) is 17.6. The third-order valence-electron chi connectivity index (χ3n) is 7.47. The summed E-state index contributed by atoms with van der Waals surface area (Å²) < 4.78 is 20.3. The van der Waals surface area contributed by atoms with Gasteiger partial charge in [-0.25, -0.2) is 9.37 Å². The van der Waals surface area contributed by atoms with Gasteiger partial charge in [0.05, 0.1) is 5.02 Å². The van der Waals surface area contributed by atoms with E-state index in [4.69, 9.17) is 22.1 Å². The Morgan fingerprint density at radius 2 is 1.78 bits per heavy atom. The average Bonchev–Trinajstić information content (AvgIpc) is 3.45. The molecule has 2 fully saturated rings. The molecule has 2 aliphatic rings. The van der Waals surface area contributed by atoms with E-state index in [1.54, 1.807) is 31.3 Å². The molecular formula is C29H32ClFN4O2. The van der Waals surface area contributed by atoms with E-state index < -0.39 is 11.9 Å². The highest BCUT2D eigenvalue weighted by atomic mass is 35.5. The molecule has 0 radical (unpaired) electrons. The second-order valence-electron chi connectivity index (χ2n) is 9.85. The number of hydrogen-bond donors (Lipinski definition) is 1. The smallest absolute Gasteiger partial charge is 0.253 e. The predicted octanol–water partition coefficient (Wildman–Crippen LogP) is 5.96. The highest BCUT2D eigenvalue weighted by molar-refractivity contribution is 6.31. The first-order valence-corrected chi connectivity index (χ1v) is 13.3. The number of aromatic nitrogens is 1. The molecule has 1 aromatic heterocycles. The molecule has 0 saturated carbocycles. The van der Waals surface area contributed by atoms with E-state index in [1.165, 1.54) is 32.0 Å². The summed E-state index contributed by atoms with van der Waals surface area (Å²) in [6.07, 6.45) is 5.66. The largest absolute Gasteiger partial charge is 0.482 e. The molecule has 2 aromatic carbocycles. The van der Waals surface area contributed by atoms with Gasteiger partial charge in [0.1, 0.15) is 11.9 Å². The van der Waals surface area contributed by atoms with Crippen LogP contribution in [0.15, 0.2) is 54.7 Å². The molecule has 2 aliphatic heterocycles. The fraction of sp³-hybridized carbons (Fsp3) is 0.379. The lowest BCUT2D eigenvalue weighted by molar-refractivity contribution is 0.0644. The van der Waals surface area contributed by atoms with Crippen LogP contribution in [0.5, 0.6) is 5.75 Å². The van der Waals surface area contributed by atoms with Crippen LogP contribution in [0, 0.1) is 5.82 Å². The van der Waals surface area contributed by atoms with E-state index in [2.05, 4.69) is 9.88 Å². The second-order valence-corrected chi connectivity index (χ2v) is 10.3. The first-order chi connectivity index (χ1) is 17.9. The first-order valence-electron chi connectivity index (χ1n) is 12.9. The lowest BCUT2D eigenvalue weighted by atomic mass is 10.0. The lowest BCUT2D eigenvalue weighted by Crippen LogP contribution is -2.45. The number of hydrogen-bond acceptors (Lipinski definition) is 5. The monoisotopic (exact) mass is 522 g/mol. The van der Waals surface area contributed by atoms with Gasteiger partial charge in [-0.2, -0.15) is 0 Å². The van der Waals surface area contributed by atoms with Crippen molar-refractivity contribution in [2.75, 3.05) is 31.9 Å². The zero-order valence-electron chi connectivity index (χ0n) is 21.0. The maximum atomic E-state index is 14.3. The van der Waals surface area contributed by atoms with Crippen LogP contribution in [-0.2, 0) is 0 Å². The summed E-state index contributed by atoms with van der Waals surface area (Å²) in [6.45, 7) is 5.71. The summed E-state index contributed by atoms with van der Waals surface area (Å²) in [4.78, 5) is 21.9. The van der Waals surface area contributed by atoms with E-state index in [-0.39, 0.29) is 22.3 Å². The third-order valence-corrected chi connectivity index (χ3v) is 7.80. The van der Waals surface area contributed by atoms with Gasteiger partial charge in [0.25, 0.3) is 5.91 Å². The Labute approximate surface area is 222 Å². The maximum absolute atomic E-state index is 14.3. The number of nitrogens with two attached hydrogens (primary N) is 1. The molecule has 194 valence electrons. The number of ether oxygens (including phenoxy) is 1. The number of nitrogens with zero attached hydrogens (tertiary/aromatic N) is 3. The zero-order valence-corrected chi connectivity index (χ0v) is 21.8. The zero-order chi connectivity index (χ0) is 25.9. The number of piperidine rings is 1. The summed E-state index contributed by atoms with van der Waals surface area (Å²) in [6, 6.07) is 14.4. The molecule has 2 N–H and O–H groups in total. The number of rotatable bonds is 6. The van der Waals surface area contributed by atoms with Crippen molar-refractivity contribution < 1.29 is 13.9 Å². The van der Waals surface area contributed by atoms with Gasteiger partial charge in [-0.3, -0.25) is 4.79 Å². The highest BCUT2D eigenvalue weighted by Crippen LogP contribution is 2.34. The minimum absolute atomic E-state index is 0.0708. The van der Waals surface area contributed by atoms with E-state index in [1.807, 2.05) is 29.2 Å². The van der Waals surface area contributed by atoms with E-state index >= 15 is 0 Å². The van der Waals surface area contributed by atoms with Crippen molar-refractivity contribution in [3.63, 3.8) is 0 Å². The number of likely N-dealkylation sites (tertiary alicyclic amines) is 2. The third kappa shape index (κ3) is 5.58. The van der Waals surface area contributed by atoms with E-state index in [9.17, 15) is 9.18 Å². The number of halogens is 2. The van der Waals surface area contributed by atoms with Crippen molar-refractivity contribution >= 4 is 23.3 Å². The molecule has 0 spiro atoms. The number of carbonyl (C=O) groups is 1. The Balaban J connectivity index is 1.26. The highest BCUT2D eigenvalue weighted by Gasteiger charge is 2.28. The van der Waals surface area contributed by atoms with Gasteiger partial charge in [-0.05, 0) is 81.6 Å². The molecule has 1 unspecified atom stereocenters. The number of anilines is 1. The molecule has 1 atom stereocenters. The lowest BCUT2D eigenvalue weighted by Gasteiger charge is -2.36. The van der Waals surface area contributed by atoms with Crippen molar-refractivity contribution in [1.29, 1.82) is 0 Å². The summed E-state index contributed by atoms with van der Waals surface area (Å²) in [5.74, 6) is 0.169. The van der Waals surface area contributed by atoms with Gasteiger partial charge in [-0.15, -0.1) is 0 Å². The molecule has 0 bridgehead atoms. The molecule has 5 rings (SSSR count). The molecule has 3 heterocycles. The maximum Gasteiger partial charge on any atom is 0.253 e. The van der Waals surface area contributed by atoms with Crippen molar-refractivity contribution in [2.45, 2.75) is 44.8 Å². The van der Waals surface area contributed by atoms with Crippen molar-refractivity contribution in [3.05, 3.63) is 76.7 Å². The quantitative estimate of drug-likeness (QED) is 0.432. The number of benzene rings is 2. The molecule has 3 aromatic rings. The number of amides is 1. The molecule has 1 amide bonds. The van der Waals surface area contributed by atoms with Crippen molar-refractivity contribution in [3.8, 4) is 16.9 Å². The van der Waals surface area contributed by atoms with Crippen LogP contribution in [0.1, 0.15) is 54.6 Å². The van der Waals surface area contributed by atoms with Crippen LogP contribution in [-0.4, -0.2) is 52.9 Å². The van der Waals surface area contributed by atoms with Gasteiger partial charge in [0, 0.05) is 42.0 Å². The minimum Gasteiger partial charge on any atom is -0.482 e. The average molecular weight is 523 g/mol. The van der Waals surface area contributed by atoms with Gasteiger partial charge in [0.2, 0.25) is 0 Å². The van der Waals surface area contributed by atoms with Crippen LogP contribution >= 0.6 is 11.6 Å². The summed E-state index contributed by atoms with van der Waals surface area (Å²) in [7, 11) is 0. The summed E-state index contributed by atoms with van der Waals surface area (Å²) >= 11 is 6.19. The van der Waals surface area contributed by atoms with Crippen LogP contribution in [0.4, 0.5) is 10.2 Å². The Bertz CT molecular complexity index is 1240. The van der Waals surface area contributed by atoms with Crippen LogP contribution < -0.4 is 10.5 Å². The summed E-state index contributed by atoms with van der Waals surface area (Å²) in [5.41, 5.74) is 8.64. The van der Waals surface area contributed by atoms with Gasteiger partial charge in [0.15, 0.2) is 11.6 Å². The molecule has 8 heteroatoms. The Kier molecular flexibility index (Phi) is 7.63. The van der Waals surface area contributed by atoms with Crippen molar-refractivity contribution in [1.82, 2.24) is 14.8 Å². The SMILES string of the molecule is CC(Oc1cc(-c2ccc(C(=O)N3CCC(N4CCCC4)CC3)cc2)cnc1N)c1c(F)cccc1Cl. The standard InChI is InChI=1S/C29H32ClFN4O2/c1-19(27-24(30)5-4-6-25(27)31)37-26-17-22(18-33-28(26)32)20-7-9-21(10-8-20)29(36)35-15-11-23(12-16-35)34-13-2-3-14-34/h4-10,17-19,23H,2-3,11-16H2,1H3,(H2,32,33). The fourth-order valence-corrected chi connectivity index (χ4v) is 5.70. The van der Waals surface area contributed by atoms with Gasteiger partial charge >= 0.3 is 0 Å². The van der Waals surface area contributed by atoms with E-state index in [0.29, 0.717) is 17.4 Å². The summed E-state index contributed by atoms with van der Waals surface area (Å²) in [5, 5.41) is 0.288. The van der Waals surface area contributed by atoms with Crippen LogP contribution in [0.2, 0.25) is 5.02 Å². The topological polar surface area (TPSA) is 71.7 Å². The molecular weight excluding hydrogens is 491 g/mol. The molecule has 2 saturated heterocycles.